The predicted octanol–water partition coefficient (Wildman–Crippen LogP) is 1.43. The summed E-state index contributed by atoms with van der Waals surface area (Å²) in [6, 6.07) is 3.49. The first-order valence-corrected chi connectivity index (χ1v) is 5.62. The SMILES string of the molecule is O=C1NCCC[C@H]1C(=O)Nc1cccc(F)c1F. The quantitative estimate of drug-likeness (QED) is 0.784. The fraction of sp³-hybridized carbons (Fsp3) is 0.333. The van der Waals surface area contributed by atoms with Crippen LogP contribution in [0.4, 0.5) is 14.5 Å². The fourth-order valence-electron chi connectivity index (χ4n) is 1.84. The van der Waals surface area contributed by atoms with Crippen molar-refractivity contribution in [1.82, 2.24) is 5.32 Å². The zero-order chi connectivity index (χ0) is 13.1. The first kappa shape index (κ1) is 12.5. The molecule has 0 aliphatic carbocycles. The molecule has 0 bridgehead atoms. The van der Waals surface area contributed by atoms with E-state index in [9.17, 15) is 18.4 Å². The van der Waals surface area contributed by atoms with Gasteiger partial charge in [0.2, 0.25) is 11.8 Å². The Kier molecular flexibility index (Phi) is 3.55. The minimum Gasteiger partial charge on any atom is -0.355 e. The second-order valence-electron chi connectivity index (χ2n) is 4.08. The maximum atomic E-state index is 13.3. The minimum absolute atomic E-state index is 0.252. The summed E-state index contributed by atoms with van der Waals surface area (Å²) in [5.74, 6) is -4.00. The van der Waals surface area contributed by atoms with E-state index in [1.54, 1.807) is 0 Å². The second kappa shape index (κ2) is 5.12. The Bertz CT molecular complexity index is 491. The molecule has 1 aromatic rings. The van der Waals surface area contributed by atoms with Crippen molar-refractivity contribution in [3.8, 4) is 0 Å². The average Bonchev–Trinajstić information content (AvgIpc) is 2.35. The molecule has 1 atom stereocenters. The van der Waals surface area contributed by atoms with Crippen molar-refractivity contribution in [3.05, 3.63) is 29.8 Å². The summed E-state index contributed by atoms with van der Waals surface area (Å²) in [5, 5.41) is 4.79. The van der Waals surface area contributed by atoms with E-state index < -0.39 is 23.5 Å². The largest absolute Gasteiger partial charge is 0.355 e. The molecular formula is C12H12F2N2O2. The van der Waals surface area contributed by atoms with E-state index >= 15 is 0 Å². The van der Waals surface area contributed by atoms with E-state index in [1.165, 1.54) is 12.1 Å². The molecule has 18 heavy (non-hydrogen) atoms. The van der Waals surface area contributed by atoms with Crippen LogP contribution in [-0.4, -0.2) is 18.4 Å². The molecular weight excluding hydrogens is 242 g/mol. The van der Waals surface area contributed by atoms with Gasteiger partial charge >= 0.3 is 0 Å². The van der Waals surface area contributed by atoms with Crippen molar-refractivity contribution < 1.29 is 18.4 Å². The third-order valence-electron chi connectivity index (χ3n) is 2.81. The lowest BCUT2D eigenvalue weighted by molar-refractivity contribution is -0.134. The third kappa shape index (κ3) is 2.47. The highest BCUT2D eigenvalue weighted by atomic mass is 19.2. The van der Waals surface area contributed by atoms with Crippen LogP contribution in [0.3, 0.4) is 0 Å². The van der Waals surface area contributed by atoms with Gasteiger partial charge in [-0.25, -0.2) is 8.78 Å². The summed E-state index contributed by atoms with van der Waals surface area (Å²) < 4.78 is 26.3. The van der Waals surface area contributed by atoms with Crippen molar-refractivity contribution in [1.29, 1.82) is 0 Å². The molecule has 0 unspecified atom stereocenters. The highest BCUT2D eigenvalue weighted by Gasteiger charge is 2.29. The number of carbonyl (C=O) groups is 2. The van der Waals surface area contributed by atoms with Crippen molar-refractivity contribution >= 4 is 17.5 Å². The Morgan fingerprint density at radius 2 is 2.17 bits per heavy atom. The monoisotopic (exact) mass is 254 g/mol. The van der Waals surface area contributed by atoms with Crippen LogP contribution in [0.15, 0.2) is 18.2 Å². The van der Waals surface area contributed by atoms with Gasteiger partial charge in [-0.2, -0.15) is 0 Å². The summed E-state index contributed by atoms with van der Waals surface area (Å²) in [7, 11) is 0. The smallest absolute Gasteiger partial charge is 0.237 e. The van der Waals surface area contributed by atoms with Crippen LogP contribution in [0.2, 0.25) is 0 Å². The van der Waals surface area contributed by atoms with Crippen molar-refractivity contribution in [2.45, 2.75) is 12.8 Å². The Balaban J connectivity index is 2.11. The van der Waals surface area contributed by atoms with Crippen LogP contribution in [-0.2, 0) is 9.59 Å². The van der Waals surface area contributed by atoms with Gasteiger partial charge in [0.1, 0.15) is 5.92 Å². The van der Waals surface area contributed by atoms with Crippen molar-refractivity contribution in [2.24, 2.45) is 5.92 Å². The molecule has 2 N–H and O–H groups in total. The summed E-state index contributed by atoms with van der Waals surface area (Å²) in [6.07, 6.45) is 1.10. The van der Waals surface area contributed by atoms with E-state index in [0.717, 1.165) is 6.07 Å². The average molecular weight is 254 g/mol. The number of anilines is 1. The number of hydrogen-bond donors (Lipinski definition) is 2. The van der Waals surface area contributed by atoms with Crippen LogP contribution in [0, 0.1) is 17.6 Å². The van der Waals surface area contributed by atoms with Crippen LogP contribution >= 0.6 is 0 Å². The molecule has 1 aromatic carbocycles. The summed E-state index contributed by atoms with van der Waals surface area (Å²) >= 11 is 0. The molecule has 1 heterocycles. The topological polar surface area (TPSA) is 58.2 Å². The second-order valence-corrected chi connectivity index (χ2v) is 4.08. The van der Waals surface area contributed by atoms with Gasteiger partial charge in [0, 0.05) is 6.54 Å². The standard InChI is InChI=1S/C12H12F2N2O2/c13-8-4-1-5-9(10(8)14)16-12(18)7-3-2-6-15-11(7)17/h1,4-5,7H,2-3,6H2,(H,15,17)(H,16,18)/t7-/m1/s1. The third-order valence-corrected chi connectivity index (χ3v) is 2.81. The van der Waals surface area contributed by atoms with Gasteiger partial charge in [-0.3, -0.25) is 9.59 Å². The Morgan fingerprint density at radius 3 is 2.89 bits per heavy atom. The highest BCUT2D eigenvalue weighted by molar-refractivity contribution is 6.06. The van der Waals surface area contributed by atoms with E-state index in [4.69, 9.17) is 0 Å². The highest BCUT2D eigenvalue weighted by Crippen LogP contribution is 2.19. The van der Waals surface area contributed by atoms with Gasteiger partial charge < -0.3 is 10.6 Å². The Hall–Kier alpha value is -1.98. The lowest BCUT2D eigenvalue weighted by atomic mass is 9.97. The van der Waals surface area contributed by atoms with Crippen LogP contribution in [0.25, 0.3) is 0 Å². The number of carbonyl (C=O) groups excluding carboxylic acids is 2. The number of benzene rings is 1. The van der Waals surface area contributed by atoms with E-state index in [-0.39, 0.29) is 11.6 Å². The number of hydrogen-bond acceptors (Lipinski definition) is 2. The summed E-state index contributed by atoms with van der Waals surface area (Å²) in [5.41, 5.74) is -0.252. The maximum absolute atomic E-state index is 13.3. The molecule has 6 heteroatoms. The lowest BCUT2D eigenvalue weighted by Gasteiger charge is -2.21. The lowest BCUT2D eigenvalue weighted by Crippen LogP contribution is -2.42. The Morgan fingerprint density at radius 1 is 1.39 bits per heavy atom. The van der Waals surface area contributed by atoms with Gasteiger partial charge in [-0.05, 0) is 25.0 Å². The zero-order valence-corrected chi connectivity index (χ0v) is 9.50. The van der Waals surface area contributed by atoms with Crippen LogP contribution in [0.1, 0.15) is 12.8 Å². The first-order chi connectivity index (χ1) is 8.59. The molecule has 2 amide bonds. The summed E-state index contributed by atoms with van der Waals surface area (Å²) in [6.45, 7) is 0.539. The molecule has 1 fully saturated rings. The molecule has 2 rings (SSSR count). The molecule has 1 aliphatic rings. The van der Waals surface area contributed by atoms with E-state index in [1.807, 2.05) is 0 Å². The fourth-order valence-corrected chi connectivity index (χ4v) is 1.84. The van der Waals surface area contributed by atoms with Crippen LogP contribution < -0.4 is 10.6 Å². The normalized spacial score (nSPS) is 19.2. The maximum Gasteiger partial charge on any atom is 0.237 e. The molecule has 0 radical (unpaired) electrons. The Labute approximate surface area is 102 Å². The number of piperidine rings is 1. The predicted molar refractivity (Wildman–Crippen MR) is 60.7 cm³/mol. The van der Waals surface area contributed by atoms with Gasteiger partial charge in [-0.15, -0.1) is 0 Å². The van der Waals surface area contributed by atoms with E-state index in [0.29, 0.717) is 19.4 Å². The molecule has 4 nitrogen and oxygen atoms in total. The van der Waals surface area contributed by atoms with Gasteiger partial charge in [0.05, 0.1) is 5.69 Å². The molecule has 1 aliphatic heterocycles. The molecule has 0 aromatic heterocycles. The number of amides is 2. The zero-order valence-electron chi connectivity index (χ0n) is 9.50. The molecule has 96 valence electrons. The molecule has 0 saturated carbocycles. The van der Waals surface area contributed by atoms with Gasteiger partial charge in [0.25, 0.3) is 0 Å². The van der Waals surface area contributed by atoms with Gasteiger partial charge in [-0.1, -0.05) is 6.07 Å². The van der Waals surface area contributed by atoms with Crippen molar-refractivity contribution in [3.63, 3.8) is 0 Å². The molecule has 0 spiro atoms. The number of nitrogens with one attached hydrogen (secondary N) is 2. The first-order valence-electron chi connectivity index (χ1n) is 5.62. The number of halogens is 2. The van der Waals surface area contributed by atoms with E-state index in [2.05, 4.69) is 10.6 Å². The van der Waals surface area contributed by atoms with Gasteiger partial charge in [0.15, 0.2) is 11.6 Å². The van der Waals surface area contributed by atoms with Crippen LogP contribution in [0.5, 0.6) is 0 Å². The number of rotatable bonds is 2. The molecule has 1 saturated heterocycles. The summed E-state index contributed by atoms with van der Waals surface area (Å²) in [4.78, 5) is 23.2. The minimum atomic E-state index is -1.12. The van der Waals surface area contributed by atoms with Crippen molar-refractivity contribution in [2.75, 3.05) is 11.9 Å².